The highest BCUT2D eigenvalue weighted by atomic mass is 19.4. The second-order valence-electron chi connectivity index (χ2n) is 3.92. The van der Waals surface area contributed by atoms with E-state index >= 15 is 0 Å². The predicted octanol–water partition coefficient (Wildman–Crippen LogP) is 3.76. The number of aromatic nitrogens is 1. The molecule has 1 heterocycles. The van der Waals surface area contributed by atoms with Crippen molar-refractivity contribution in [2.24, 2.45) is 0 Å². The molecule has 94 valence electrons. The number of hydrogen-bond donors (Lipinski definition) is 0. The standard InChI is InChI=1S/C13H10F3NO/c14-13(15,16)7-6-11(18)10-5-1-3-9-4-2-8-17-12(9)10/h1-5,8H,6-7H2. The Morgan fingerprint density at radius 1 is 1.17 bits per heavy atom. The fourth-order valence-corrected chi connectivity index (χ4v) is 1.72. The molecule has 2 aromatic rings. The lowest BCUT2D eigenvalue weighted by molar-refractivity contribution is -0.133. The van der Waals surface area contributed by atoms with E-state index in [0.717, 1.165) is 5.39 Å². The number of benzene rings is 1. The van der Waals surface area contributed by atoms with Gasteiger partial charge in [0.1, 0.15) is 0 Å². The minimum absolute atomic E-state index is 0.248. The smallest absolute Gasteiger partial charge is 0.294 e. The first kappa shape index (κ1) is 12.5. The van der Waals surface area contributed by atoms with Crippen LogP contribution in [-0.2, 0) is 0 Å². The van der Waals surface area contributed by atoms with Gasteiger partial charge in [-0.3, -0.25) is 9.78 Å². The highest BCUT2D eigenvalue weighted by Crippen LogP contribution is 2.24. The molecule has 1 aromatic carbocycles. The molecule has 0 saturated carbocycles. The Labute approximate surface area is 101 Å². The number of halogens is 3. The highest BCUT2D eigenvalue weighted by Gasteiger charge is 2.28. The van der Waals surface area contributed by atoms with Crippen LogP contribution in [0.2, 0.25) is 0 Å². The summed E-state index contributed by atoms with van der Waals surface area (Å²) >= 11 is 0. The Morgan fingerprint density at radius 2 is 1.89 bits per heavy atom. The molecule has 0 aliphatic heterocycles. The summed E-state index contributed by atoms with van der Waals surface area (Å²) in [5, 5.41) is 0.746. The van der Waals surface area contributed by atoms with Gasteiger partial charge in [-0.1, -0.05) is 18.2 Å². The fraction of sp³-hybridized carbons (Fsp3) is 0.231. The van der Waals surface area contributed by atoms with Crippen LogP contribution >= 0.6 is 0 Å². The molecule has 2 nitrogen and oxygen atoms in total. The number of fused-ring (bicyclic) bond motifs is 1. The van der Waals surface area contributed by atoms with E-state index < -0.39 is 24.8 Å². The van der Waals surface area contributed by atoms with Crippen LogP contribution in [0.3, 0.4) is 0 Å². The summed E-state index contributed by atoms with van der Waals surface area (Å²) in [5.41, 5.74) is 0.699. The average Bonchev–Trinajstić information content (AvgIpc) is 2.34. The Hall–Kier alpha value is -1.91. The summed E-state index contributed by atoms with van der Waals surface area (Å²) in [7, 11) is 0. The van der Waals surface area contributed by atoms with E-state index in [0.29, 0.717) is 5.52 Å². The summed E-state index contributed by atoms with van der Waals surface area (Å²) < 4.78 is 36.2. The summed E-state index contributed by atoms with van der Waals surface area (Å²) in [6.45, 7) is 0. The summed E-state index contributed by atoms with van der Waals surface area (Å²) in [6.07, 6.45) is -4.44. The van der Waals surface area contributed by atoms with E-state index in [1.54, 1.807) is 24.3 Å². The van der Waals surface area contributed by atoms with Crippen molar-refractivity contribution in [1.82, 2.24) is 4.98 Å². The predicted molar refractivity (Wildman–Crippen MR) is 61.4 cm³/mol. The van der Waals surface area contributed by atoms with Gasteiger partial charge in [-0.25, -0.2) is 0 Å². The number of pyridine rings is 1. The Morgan fingerprint density at radius 3 is 2.61 bits per heavy atom. The lowest BCUT2D eigenvalue weighted by Gasteiger charge is -2.07. The van der Waals surface area contributed by atoms with Gasteiger partial charge in [0.25, 0.3) is 0 Å². The van der Waals surface area contributed by atoms with Crippen LogP contribution in [0, 0.1) is 0 Å². The molecule has 0 atom stereocenters. The molecule has 0 spiro atoms. The molecule has 1 aromatic heterocycles. The van der Waals surface area contributed by atoms with Crippen LogP contribution in [0.25, 0.3) is 10.9 Å². The molecule has 0 radical (unpaired) electrons. The molecular weight excluding hydrogens is 243 g/mol. The summed E-state index contributed by atoms with van der Waals surface area (Å²) in [4.78, 5) is 15.8. The monoisotopic (exact) mass is 253 g/mol. The molecule has 0 unspecified atom stereocenters. The van der Waals surface area contributed by atoms with Gasteiger partial charge in [0.15, 0.2) is 5.78 Å². The number of alkyl halides is 3. The quantitative estimate of drug-likeness (QED) is 0.779. The molecule has 2 rings (SSSR count). The van der Waals surface area contributed by atoms with Crippen molar-refractivity contribution in [2.75, 3.05) is 0 Å². The van der Waals surface area contributed by atoms with Crippen molar-refractivity contribution in [2.45, 2.75) is 19.0 Å². The van der Waals surface area contributed by atoms with Gasteiger partial charge in [0, 0.05) is 23.6 Å². The average molecular weight is 253 g/mol. The second kappa shape index (κ2) is 4.76. The number of ketones is 1. The van der Waals surface area contributed by atoms with E-state index in [4.69, 9.17) is 0 Å². The third-order valence-corrected chi connectivity index (χ3v) is 2.57. The first-order valence-electron chi connectivity index (χ1n) is 5.41. The third-order valence-electron chi connectivity index (χ3n) is 2.57. The van der Waals surface area contributed by atoms with Crippen molar-refractivity contribution < 1.29 is 18.0 Å². The van der Waals surface area contributed by atoms with E-state index in [9.17, 15) is 18.0 Å². The van der Waals surface area contributed by atoms with E-state index in [2.05, 4.69) is 4.98 Å². The fourth-order valence-electron chi connectivity index (χ4n) is 1.72. The molecule has 18 heavy (non-hydrogen) atoms. The zero-order chi connectivity index (χ0) is 13.2. The molecule has 0 saturated heterocycles. The number of nitrogens with zero attached hydrogens (tertiary/aromatic N) is 1. The topological polar surface area (TPSA) is 30.0 Å². The van der Waals surface area contributed by atoms with Crippen LogP contribution in [0.5, 0.6) is 0 Å². The van der Waals surface area contributed by atoms with Gasteiger partial charge in [-0.2, -0.15) is 13.2 Å². The van der Waals surface area contributed by atoms with E-state index in [1.807, 2.05) is 0 Å². The molecule has 0 bridgehead atoms. The van der Waals surface area contributed by atoms with Gasteiger partial charge < -0.3 is 0 Å². The van der Waals surface area contributed by atoms with Crippen LogP contribution < -0.4 is 0 Å². The van der Waals surface area contributed by atoms with Gasteiger partial charge in [-0.05, 0) is 12.1 Å². The minimum Gasteiger partial charge on any atom is -0.294 e. The third kappa shape index (κ3) is 2.85. The first-order chi connectivity index (χ1) is 8.47. The van der Waals surface area contributed by atoms with Crippen molar-refractivity contribution >= 4 is 16.7 Å². The maximum Gasteiger partial charge on any atom is 0.389 e. The SMILES string of the molecule is O=C(CCC(F)(F)F)c1cccc2cccnc12. The summed E-state index contributed by atoms with van der Waals surface area (Å²) in [5.74, 6) is -0.531. The number of para-hydroxylation sites is 1. The normalized spacial score (nSPS) is 11.7. The molecular formula is C13H10F3NO. The zero-order valence-corrected chi connectivity index (χ0v) is 9.37. The van der Waals surface area contributed by atoms with Crippen molar-refractivity contribution in [3.05, 3.63) is 42.1 Å². The number of carbonyl (C=O) groups is 1. The van der Waals surface area contributed by atoms with Crippen LogP contribution in [-0.4, -0.2) is 16.9 Å². The number of Topliss-reactive ketones (excluding diaryl/α,β-unsaturated/α-hetero) is 1. The molecule has 0 aliphatic carbocycles. The zero-order valence-electron chi connectivity index (χ0n) is 9.37. The van der Waals surface area contributed by atoms with Gasteiger partial charge >= 0.3 is 6.18 Å². The molecule has 0 amide bonds. The number of hydrogen-bond acceptors (Lipinski definition) is 2. The molecule has 5 heteroatoms. The van der Waals surface area contributed by atoms with E-state index in [-0.39, 0.29) is 5.56 Å². The summed E-state index contributed by atoms with van der Waals surface area (Å²) in [6, 6.07) is 8.40. The maximum atomic E-state index is 12.1. The van der Waals surface area contributed by atoms with Gasteiger partial charge in [-0.15, -0.1) is 0 Å². The second-order valence-corrected chi connectivity index (χ2v) is 3.92. The van der Waals surface area contributed by atoms with Crippen molar-refractivity contribution in [3.63, 3.8) is 0 Å². The largest absolute Gasteiger partial charge is 0.389 e. The maximum absolute atomic E-state index is 12.1. The first-order valence-corrected chi connectivity index (χ1v) is 5.41. The van der Waals surface area contributed by atoms with Crippen molar-refractivity contribution in [3.8, 4) is 0 Å². The molecule has 0 N–H and O–H groups in total. The lowest BCUT2D eigenvalue weighted by atomic mass is 10.0. The van der Waals surface area contributed by atoms with Crippen LogP contribution in [0.1, 0.15) is 23.2 Å². The Balaban J connectivity index is 2.28. The van der Waals surface area contributed by atoms with Crippen LogP contribution in [0.4, 0.5) is 13.2 Å². The lowest BCUT2D eigenvalue weighted by Crippen LogP contribution is -2.11. The van der Waals surface area contributed by atoms with Gasteiger partial charge in [0.2, 0.25) is 0 Å². The van der Waals surface area contributed by atoms with Crippen LogP contribution in [0.15, 0.2) is 36.5 Å². The molecule has 0 fully saturated rings. The Bertz CT molecular complexity index is 572. The number of rotatable bonds is 3. The van der Waals surface area contributed by atoms with Gasteiger partial charge in [0.05, 0.1) is 11.9 Å². The Kier molecular flexibility index (Phi) is 3.32. The highest BCUT2D eigenvalue weighted by molar-refractivity contribution is 6.06. The van der Waals surface area contributed by atoms with Crippen molar-refractivity contribution in [1.29, 1.82) is 0 Å². The molecule has 0 aliphatic rings. The minimum atomic E-state index is -4.31. The van der Waals surface area contributed by atoms with E-state index in [1.165, 1.54) is 12.3 Å². The number of carbonyl (C=O) groups excluding carboxylic acids is 1.